The molecule has 0 saturated carbocycles. The first-order valence-corrected chi connectivity index (χ1v) is 8.88. The topological polar surface area (TPSA) is 73.6 Å². The quantitative estimate of drug-likeness (QED) is 0.773. The first-order chi connectivity index (χ1) is 12.1. The van der Waals surface area contributed by atoms with Crippen molar-refractivity contribution in [2.45, 2.75) is 52.2 Å². The molecule has 0 aromatic heterocycles. The van der Waals surface area contributed by atoms with Crippen LogP contribution >= 0.6 is 0 Å². The molecular weight excluding hydrogens is 330 g/mol. The summed E-state index contributed by atoms with van der Waals surface area (Å²) in [6, 6.07) is 7.48. The number of piperidine rings is 1. The van der Waals surface area contributed by atoms with Crippen LogP contribution in [0.15, 0.2) is 18.2 Å². The number of carbonyl (C=O) groups excluding carboxylic acids is 2. The largest absolute Gasteiger partial charge is 0.444 e. The first-order valence-electron chi connectivity index (χ1n) is 8.88. The van der Waals surface area contributed by atoms with Gasteiger partial charge < -0.3 is 14.5 Å². The fraction of sp³-hybridized carbons (Fsp3) is 0.550. The van der Waals surface area contributed by atoms with Crippen LogP contribution < -0.4 is 4.90 Å². The van der Waals surface area contributed by atoms with Crippen LogP contribution in [0, 0.1) is 11.3 Å². The molecule has 1 aliphatic heterocycles. The van der Waals surface area contributed by atoms with Crippen LogP contribution in [-0.2, 0) is 4.74 Å². The zero-order valence-electron chi connectivity index (χ0n) is 16.2. The molecule has 1 aliphatic rings. The molecule has 140 valence electrons. The Kier molecular flexibility index (Phi) is 5.91. The van der Waals surface area contributed by atoms with Gasteiger partial charge in [-0.1, -0.05) is 0 Å². The predicted octanol–water partition coefficient (Wildman–Crippen LogP) is 3.60. The maximum atomic E-state index is 12.2. The number of nitrogens with zero attached hydrogens (tertiary/aromatic N) is 3. The number of rotatable bonds is 3. The van der Waals surface area contributed by atoms with Crippen molar-refractivity contribution in [3.05, 3.63) is 29.3 Å². The molecule has 0 atom stereocenters. The van der Waals surface area contributed by atoms with Crippen LogP contribution in [0.1, 0.15) is 56.5 Å². The van der Waals surface area contributed by atoms with Gasteiger partial charge in [0.05, 0.1) is 11.3 Å². The van der Waals surface area contributed by atoms with Crippen LogP contribution in [0.4, 0.5) is 10.5 Å². The molecule has 1 saturated heterocycles. The Morgan fingerprint density at radius 2 is 1.88 bits per heavy atom. The molecule has 26 heavy (non-hydrogen) atoms. The van der Waals surface area contributed by atoms with Crippen molar-refractivity contribution in [1.82, 2.24) is 4.90 Å². The minimum atomic E-state index is -0.513. The molecule has 1 aromatic carbocycles. The van der Waals surface area contributed by atoms with Gasteiger partial charge in [-0.05, 0) is 58.7 Å². The zero-order chi connectivity index (χ0) is 19.5. The van der Waals surface area contributed by atoms with E-state index in [1.54, 1.807) is 30.1 Å². The molecule has 0 aliphatic carbocycles. The fourth-order valence-electron chi connectivity index (χ4n) is 3.08. The van der Waals surface area contributed by atoms with Crippen molar-refractivity contribution in [2.24, 2.45) is 0 Å². The van der Waals surface area contributed by atoms with Crippen LogP contribution in [0.2, 0.25) is 0 Å². The molecule has 0 radical (unpaired) electrons. The summed E-state index contributed by atoms with van der Waals surface area (Å²) in [4.78, 5) is 27.7. The average Bonchev–Trinajstić information content (AvgIpc) is 2.59. The minimum absolute atomic E-state index is 0.0183. The standard InChI is InChI=1S/C20H27N3O3/c1-14(24)15-6-7-16(13-21)18(12-15)23-10-8-17(9-11-23)22(5)19(25)26-20(2,3)4/h6-7,12,17H,8-11H2,1-5H3. The van der Waals surface area contributed by atoms with Gasteiger partial charge in [-0.15, -0.1) is 0 Å². The molecule has 1 aromatic rings. The number of amides is 1. The number of ketones is 1. The molecule has 1 heterocycles. The van der Waals surface area contributed by atoms with Gasteiger partial charge in [0.2, 0.25) is 0 Å². The van der Waals surface area contributed by atoms with Gasteiger partial charge in [-0.2, -0.15) is 5.26 Å². The van der Waals surface area contributed by atoms with Gasteiger partial charge in [-0.25, -0.2) is 4.79 Å². The lowest BCUT2D eigenvalue weighted by atomic mass is 10.0. The number of benzene rings is 1. The monoisotopic (exact) mass is 357 g/mol. The molecule has 1 amide bonds. The number of hydrogen-bond donors (Lipinski definition) is 0. The van der Waals surface area contributed by atoms with Crippen molar-refractivity contribution in [2.75, 3.05) is 25.0 Å². The van der Waals surface area contributed by atoms with E-state index < -0.39 is 5.60 Å². The molecule has 0 N–H and O–H groups in total. The summed E-state index contributed by atoms with van der Waals surface area (Å²) in [5.41, 5.74) is 1.44. The van der Waals surface area contributed by atoms with Crippen molar-refractivity contribution < 1.29 is 14.3 Å². The van der Waals surface area contributed by atoms with Crippen LogP contribution in [-0.4, -0.2) is 48.6 Å². The van der Waals surface area contributed by atoms with Crippen molar-refractivity contribution in [3.63, 3.8) is 0 Å². The normalized spacial score (nSPS) is 15.3. The average molecular weight is 357 g/mol. The van der Waals surface area contributed by atoms with E-state index in [2.05, 4.69) is 11.0 Å². The Hall–Kier alpha value is -2.55. The van der Waals surface area contributed by atoms with E-state index in [0.717, 1.165) is 18.5 Å². The lowest BCUT2D eigenvalue weighted by Gasteiger charge is -2.38. The van der Waals surface area contributed by atoms with Gasteiger partial charge >= 0.3 is 6.09 Å². The summed E-state index contributed by atoms with van der Waals surface area (Å²) in [6.45, 7) is 8.52. The third-order valence-corrected chi connectivity index (χ3v) is 4.56. The highest BCUT2D eigenvalue weighted by molar-refractivity contribution is 5.95. The molecule has 6 heteroatoms. The Balaban J connectivity index is 2.07. The lowest BCUT2D eigenvalue weighted by molar-refractivity contribution is 0.0201. The fourth-order valence-corrected chi connectivity index (χ4v) is 3.08. The number of nitriles is 1. The number of hydrogen-bond acceptors (Lipinski definition) is 5. The van der Waals surface area contributed by atoms with Gasteiger partial charge in [0.1, 0.15) is 11.7 Å². The highest BCUT2D eigenvalue weighted by atomic mass is 16.6. The number of ether oxygens (including phenoxy) is 1. The summed E-state index contributed by atoms with van der Waals surface area (Å²) in [5, 5.41) is 9.37. The van der Waals surface area contributed by atoms with Crippen LogP contribution in [0.5, 0.6) is 0 Å². The maximum absolute atomic E-state index is 12.2. The minimum Gasteiger partial charge on any atom is -0.444 e. The second-order valence-electron chi connectivity index (χ2n) is 7.71. The third kappa shape index (κ3) is 4.75. The predicted molar refractivity (Wildman–Crippen MR) is 100 cm³/mol. The maximum Gasteiger partial charge on any atom is 0.410 e. The molecular formula is C20H27N3O3. The van der Waals surface area contributed by atoms with Crippen molar-refractivity contribution >= 4 is 17.6 Å². The van der Waals surface area contributed by atoms with E-state index >= 15 is 0 Å². The van der Waals surface area contributed by atoms with E-state index in [1.807, 2.05) is 20.8 Å². The second kappa shape index (κ2) is 7.77. The lowest BCUT2D eigenvalue weighted by Crippen LogP contribution is -2.47. The van der Waals surface area contributed by atoms with E-state index in [0.29, 0.717) is 24.2 Å². The summed E-state index contributed by atoms with van der Waals surface area (Å²) in [5.74, 6) is -0.0183. The number of anilines is 1. The van der Waals surface area contributed by atoms with Crippen molar-refractivity contribution in [1.29, 1.82) is 5.26 Å². The summed E-state index contributed by atoms with van der Waals surface area (Å²) >= 11 is 0. The highest BCUT2D eigenvalue weighted by Crippen LogP contribution is 2.27. The third-order valence-electron chi connectivity index (χ3n) is 4.56. The van der Waals surface area contributed by atoms with Gasteiger partial charge in [-0.3, -0.25) is 4.79 Å². The SMILES string of the molecule is CC(=O)c1ccc(C#N)c(N2CCC(N(C)C(=O)OC(C)(C)C)CC2)c1. The van der Waals surface area contributed by atoms with Gasteiger partial charge in [0.25, 0.3) is 0 Å². The second-order valence-corrected chi connectivity index (χ2v) is 7.71. The van der Waals surface area contributed by atoms with Gasteiger partial charge in [0.15, 0.2) is 5.78 Å². The van der Waals surface area contributed by atoms with E-state index in [-0.39, 0.29) is 17.9 Å². The molecule has 1 fully saturated rings. The zero-order valence-corrected chi connectivity index (χ0v) is 16.2. The summed E-state index contributed by atoms with van der Waals surface area (Å²) in [6.07, 6.45) is 1.25. The van der Waals surface area contributed by atoms with E-state index in [4.69, 9.17) is 4.74 Å². The van der Waals surface area contributed by atoms with Gasteiger partial charge in [0, 0.05) is 31.7 Å². The Labute approximate surface area is 155 Å². The molecule has 2 rings (SSSR count). The smallest absolute Gasteiger partial charge is 0.410 e. The molecule has 0 spiro atoms. The molecule has 6 nitrogen and oxygen atoms in total. The summed E-state index contributed by atoms with van der Waals surface area (Å²) < 4.78 is 5.44. The Morgan fingerprint density at radius 1 is 1.27 bits per heavy atom. The molecule has 0 unspecified atom stereocenters. The van der Waals surface area contributed by atoms with Crippen molar-refractivity contribution in [3.8, 4) is 6.07 Å². The van der Waals surface area contributed by atoms with E-state index in [1.165, 1.54) is 6.92 Å². The molecule has 0 bridgehead atoms. The van der Waals surface area contributed by atoms with Crippen LogP contribution in [0.25, 0.3) is 0 Å². The highest BCUT2D eigenvalue weighted by Gasteiger charge is 2.29. The van der Waals surface area contributed by atoms with E-state index in [9.17, 15) is 14.9 Å². The van der Waals surface area contributed by atoms with Crippen LogP contribution in [0.3, 0.4) is 0 Å². The Bertz CT molecular complexity index is 723. The first kappa shape index (κ1) is 19.8. The Morgan fingerprint density at radius 3 is 2.38 bits per heavy atom. The summed E-state index contributed by atoms with van der Waals surface area (Å²) in [7, 11) is 1.77. The number of Topliss-reactive ketones (excluding diaryl/α,β-unsaturated/α-hetero) is 1. The number of carbonyl (C=O) groups is 2.